The van der Waals surface area contributed by atoms with Gasteiger partial charge in [0.1, 0.15) is 11.5 Å². The number of esters is 2. The van der Waals surface area contributed by atoms with Gasteiger partial charge in [0.05, 0.1) is 19.7 Å². The van der Waals surface area contributed by atoms with Gasteiger partial charge < -0.3 is 18.9 Å². The van der Waals surface area contributed by atoms with E-state index in [0.29, 0.717) is 0 Å². The number of para-hydroxylation sites is 2. The average Bonchev–Trinajstić information content (AvgIpc) is 2.91. The van der Waals surface area contributed by atoms with E-state index in [1.807, 2.05) is 0 Å². The molecule has 3 aromatic rings. The minimum absolute atomic E-state index is 0.0690. The van der Waals surface area contributed by atoms with Crippen molar-refractivity contribution < 1.29 is 48.2 Å². The topological polar surface area (TPSA) is 244 Å². The second-order valence-electron chi connectivity index (χ2n) is 7.28. The zero-order valence-corrected chi connectivity index (χ0v) is 19.7. The van der Waals surface area contributed by atoms with E-state index in [4.69, 9.17) is 18.9 Å². The van der Waals surface area contributed by atoms with Crippen molar-refractivity contribution >= 4 is 34.7 Å². The molecule has 0 aliphatic carbocycles. The highest BCUT2D eigenvalue weighted by Gasteiger charge is 2.30. The highest BCUT2D eigenvalue weighted by atomic mass is 16.7. The first-order valence-electron chi connectivity index (χ1n) is 10.6. The lowest BCUT2D eigenvalue weighted by Gasteiger charge is -2.09. The van der Waals surface area contributed by atoms with Gasteiger partial charge in [0.25, 0.3) is 11.5 Å². The summed E-state index contributed by atoms with van der Waals surface area (Å²) in [5, 5.41) is 44.5. The summed E-state index contributed by atoms with van der Waals surface area (Å²) in [4.78, 5) is 64.9. The van der Waals surface area contributed by atoms with Crippen molar-refractivity contribution in [2.24, 2.45) is 0 Å². The van der Waals surface area contributed by atoms with E-state index in [-0.39, 0.29) is 11.5 Å². The fourth-order valence-electron chi connectivity index (χ4n) is 3.01. The molecule has 0 saturated heterocycles. The van der Waals surface area contributed by atoms with Crippen LogP contribution in [0.4, 0.5) is 22.7 Å². The van der Waals surface area contributed by atoms with Crippen LogP contribution in [0.1, 0.15) is 0 Å². The monoisotopic (exact) mass is 558 g/mol. The van der Waals surface area contributed by atoms with Crippen molar-refractivity contribution in [1.82, 2.24) is 0 Å². The molecule has 0 aromatic heterocycles. The second-order valence-corrected chi connectivity index (χ2v) is 7.28. The molecule has 0 radical (unpaired) electrons. The van der Waals surface area contributed by atoms with E-state index in [9.17, 15) is 50.0 Å². The standard InChI is InChI=1S/C22H14N4O14/c27-19(39-21-15(23(29)30)3-1-4-16(21)24(31)32)11-37-13-7-9-14(10-8-13)38-12-20(28)40-22-17(25(33)34)5-2-6-18(22)26(35)36/h1-10H,11-12H2. The lowest BCUT2D eigenvalue weighted by atomic mass is 10.2. The van der Waals surface area contributed by atoms with Crippen LogP contribution in [-0.2, 0) is 9.59 Å². The van der Waals surface area contributed by atoms with Crippen molar-refractivity contribution in [2.75, 3.05) is 13.2 Å². The van der Waals surface area contributed by atoms with Crippen molar-refractivity contribution in [2.45, 2.75) is 0 Å². The molecule has 206 valence electrons. The summed E-state index contributed by atoms with van der Waals surface area (Å²) < 4.78 is 20.0. The summed E-state index contributed by atoms with van der Waals surface area (Å²) >= 11 is 0. The number of carbonyl (C=O) groups excluding carboxylic acids is 2. The number of nitro groups is 4. The molecular formula is C22H14N4O14. The molecule has 0 fully saturated rings. The Morgan fingerprint density at radius 3 is 1.05 bits per heavy atom. The molecule has 40 heavy (non-hydrogen) atoms. The summed E-state index contributed by atoms with van der Waals surface area (Å²) in [7, 11) is 0. The molecule has 0 aliphatic rings. The summed E-state index contributed by atoms with van der Waals surface area (Å²) in [6, 6.07) is 11.0. The lowest BCUT2D eigenvalue weighted by molar-refractivity contribution is -0.395. The lowest BCUT2D eigenvalue weighted by Crippen LogP contribution is -2.19. The van der Waals surface area contributed by atoms with E-state index in [0.717, 1.165) is 36.4 Å². The third-order valence-corrected chi connectivity index (χ3v) is 4.70. The fourth-order valence-corrected chi connectivity index (χ4v) is 3.01. The number of nitro benzene ring substituents is 4. The van der Waals surface area contributed by atoms with Crippen molar-refractivity contribution in [1.29, 1.82) is 0 Å². The van der Waals surface area contributed by atoms with Gasteiger partial charge in [-0.05, 0) is 36.4 Å². The van der Waals surface area contributed by atoms with E-state index in [2.05, 4.69) is 0 Å². The van der Waals surface area contributed by atoms with Gasteiger partial charge in [-0.3, -0.25) is 40.5 Å². The van der Waals surface area contributed by atoms with Crippen LogP contribution in [0.2, 0.25) is 0 Å². The Bertz CT molecular complexity index is 1330. The van der Waals surface area contributed by atoms with E-state index in [1.165, 1.54) is 24.3 Å². The van der Waals surface area contributed by atoms with Gasteiger partial charge in [-0.2, -0.15) is 0 Å². The SMILES string of the molecule is O=C(COc1ccc(OCC(=O)Oc2c([N+](=O)[O-])cccc2[N+](=O)[O-])cc1)Oc1c([N+](=O)[O-])cccc1[N+](=O)[O-]. The first-order chi connectivity index (χ1) is 19.0. The number of hydrogen-bond acceptors (Lipinski definition) is 14. The van der Waals surface area contributed by atoms with Crippen LogP contribution in [0, 0.1) is 40.5 Å². The van der Waals surface area contributed by atoms with Crippen molar-refractivity contribution in [3.05, 3.63) is 101 Å². The highest BCUT2D eigenvalue weighted by molar-refractivity contribution is 5.78. The van der Waals surface area contributed by atoms with Crippen LogP contribution in [0.5, 0.6) is 23.0 Å². The van der Waals surface area contributed by atoms with Gasteiger partial charge in [-0.25, -0.2) is 9.59 Å². The first kappa shape index (κ1) is 28.4. The van der Waals surface area contributed by atoms with Gasteiger partial charge in [-0.15, -0.1) is 0 Å². The molecule has 0 spiro atoms. The molecule has 3 aromatic carbocycles. The Morgan fingerprint density at radius 2 is 0.800 bits per heavy atom. The Morgan fingerprint density at radius 1 is 0.525 bits per heavy atom. The molecule has 0 N–H and O–H groups in total. The molecule has 0 aliphatic heterocycles. The van der Waals surface area contributed by atoms with Gasteiger partial charge in [0.2, 0.25) is 0 Å². The van der Waals surface area contributed by atoms with E-state index in [1.54, 1.807) is 0 Å². The van der Waals surface area contributed by atoms with Crippen molar-refractivity contribution in [3.63, 3.8) is 0 Å². The third kappa shape index (κ3) is 6.97. The molecule has 0 amide bonds. The largest absolute Gasteiger partial charge is 0.482 e. The Balaban J connectivity index is 1.57. The Hall–Kier alpha value is -6.20. The molecular weight excluding hydrogens is 544 g/mol. The average molecular weight is 558 g/mol. The predicted molar refractivity (Wildman–Crippen MR) is 128 cm³/mol. The molecule has 0 heterocycles. The van der Waals surface area contributed by atoms with Crippen LogP contribution in [0.15, 0.2) is 60.7 Å². The van der Waals surface area contributed by atoms with Crippen LogP contribution >= 0.6 is 0 Å². The van der Waals surface area contributed by atoms with Crippen LogP contribution in [0.25, 0.3) is 0 Å². The number of rotatable bonds is 12. The zero-order valence-electron chi connectivity index (χ0n) is 19.7. The number of benzene rings is 3. The summed E-state index contributed by atoms with van der Waals surface area (Å²) in [5.74, 6) is -3.92. The maximum Gasteiger partial charge on any atom is 0.350 e. The summed E-state index contributed by atoms with van der Waals surface area (Å²) in [6.07, 6.45) is 0. The van der Waals surface area contributed by atoms with Gasteiger partial charge in [-0.1, -0.05) is 0 Å². The number of hydrogen-bond donors (Lipinski definition) is 0. The zero-order chi connectivity index (χ0) is 29.4. The van der Waals surface area contributed by atoms with E-state index < -0.39 is 79.1 Å². The highest BCUT2D eigenvalue weighted by Crippen LogP contribution is 2.37. The number of carbonyl (C=O) groups is 2. The van der Waals surface area contributed by atoms with Gasteiger partial charge in [0.15, 0.2) is 13.2 Å². The second kappa shape index (κ2) is 12.4. The molecule has 18 heteroatoms. The molecule has 0 saturated carbocycles. The Kier molecular flexibility index (Phi) is 8.77. The van der Waals surface area contributed by atoms with E-state index >= 15 is 0 Å². The maximum absolute atomic E-state index is 12.1. The van der Waals surface area contributed by atoms with Gasteiger partial charge in [0, 0.05) is 24.3 Å². The first-order valence-corrected chi connectivity index (χ1v) is 10.6. The van der Waals surface area contributed by atoms with Crippen molar-refractivity contribution in [3.8, 4) is 23.0 Å². The normalized spacial score (nSPS) is 10.2. The molecule has 0 unspecified atom stereocenters. The predicted octanol–water partition coefficient (Wildman–Crippen LogP) is 3.29. The van der Waals surface area contributed by atoms with Crippen LogP contribution in [0.3, 0.4) is 0 Å². The van der Waals surface area contributed by atoms with Crippen LogP contribution < -0.4 is 18.9 Å². The smallest absolute Gasteiger partial charge is 0.350 e. The fraction of sp³-hybridized carbons (Fsp3) is 0.0909. The summed E-state index contributed by atoms with van der Waals surface area (Å²) in [5.41, 5.74) is -3.17. The maximum atomic E-state index is 12.1. The molecule has 18 nitrogen and oxygen atoms in total. The molecule has 3 rings (SSSR count). The molecule has 0 bridgehead atoms. The Labute approximate surface area is 220 Å². The minimum atomic E-state index is -1.18. The van der Waals surface area contributed by atoms with Gasteiger partial charge >= 0.3 is 34.7 Å². The molecule has 0 atom stereocenters. The quantitative estimate of drug-likeness (QED) is 0.134. The third-order valence-electron chi connectivity index (χ3n) is 4.70. The number of ether oxygens (including phenoxy) is 4. The summed E-state index contributed by atoms with van der Waals surface area (Å²) in [6.45, 7) is -1.57. The number of nitrogens with zero attached hydrogens (tertiary/aromatic N) is 4. The van der Waals surface area contributed by atoms with Crippen LogP contribution in [-0.4, -0.2) is 44.8 Å². The minimum Gasteiger partial charge on any atom is -0.482 e.